The minimum absolute atomic E-state index is 0.0238. The largest absolute Gasteiger partial charge is 0.471 e. The molecule has 2 N–H and O–H groups in total. The lowest BCUT2D eigenvalue weighted by Crippen LogP contribution is -2.46. The molecule has 1 aliphatic heterocycles. The van der Waals surface area contributed by atoms with Crippen LogP contribution in [0.1, 0.15) is 12.8 Å². The standard InChI is InChI=1S/C14H18F3N3O3S/c1-18-11-3-2-8-20(9-11)24(22,23)12-6-4-10(5-7-12)19-13(21)14(15,16)17/h4-7,11,18H,2-3,8-9H2,1H3,(H,19,21). The maximum absolute atomic E-state index is 12.6. The molecular weight excluding hydrogens is 347 g/mol. The zero-order valence-corrected chi connectivity index (χ0v) is 13.7. The zero-order valence-electron chi connectivity index (χ0n) is 12.9. The second kappa shape index (κ2) is 7.08. The van der Waals surface area contributed by atoms with Crippen LogP contribution in [-0.4, -0.2) is 51.0 Å². The third-order valence-corrected chi connectivity index (χ3v) is 5.68. The Bertz CT molecular complexity index is 689. The number of hydrogen-bond acceptors (Lipinski definition) is 4. The van der Waals surface area contributed by atoms with E-state index >= 15 is 0 Å². The summed E-state index contributed by atoms with van der Waals surface area (Å²) in [6.45, 7) is 0.735. The van der Waals surface area contributed by atoms with Crippen LogP contribution in [0.2, 0.25) is 0 Å². The molecule has 10 heteroatoms. The Balaban J connectivity index is 2.13. The van der Waals surface area contributed by atoms with Gasteiger partial charge >= 0.3 is 12.1 Å². The van der Waals surface area contributed by atoms with Crippen LogP contribution in [0.15, 0.2) is 29.2 Å². The molecule has 134 valence electrons. The first-order chi connectivity index (χ1) is 11.1. The Morgan fingerprint density at radius 3 is 2.42 bits per heavy atom. The van der Waals surface area contributed by atoms with Crippen LogP contribution in [0.25, 0.3) is 0 Å². The van der Waals surface area contributed by atoms with Gasteiger partial charge in [-0.1, -0.05) is 0 Å². The van der Waals surface area contributed by atoms with E-state index in [-0.39, 0.29) is 16.6 Å². The number of nitrogens with one attached hydrogen (secondary N) is 2. The Kier molecular flexibility index (Phi) is 5.51. The number of likely N-dealkylation sites (N-methyl/N-ethyl adjacent to an activating group) is 1. The summed E-state index contributed by atoms with van der Waals surface area (Å²) in [4.78, 5) is 10.8. The lowest BCUT2D eigenvalue weighted by molar-refractivity contribution is -0.167. The predicted molar refractivity (Wildman–Crippen MR) is 82.0 cm³/mol. The van der Waals surface area contributed by atoms with Gasteiger partial charge in [-0.2, -0.15) is 17.5 Å². The second-order valence-electron chi connectivity index (χ2n) is 5.47. The Labute approximate surface area is 138 Å². The minimum atomic E-state index is -5.00. The summed E-state index contributed by atoms with van der Waals surface area (Å²) in [5.41, 5.74) is -0.122. The van der Waals surface area contributed by atoms with Crippen molar-refractivity contribution < 1.29 is 26.4 Å². The van der Waals surface area contributed by atoms with Gasteiger partial charge in [-0.05, 0) is 44.2 Å². The zero-order chi connectivity index (χ0) is 18.0. The molecule has 0 saturated carbocycles. The van der Waals surface area contributed by atoms with Crippen LogP contribution < -0.4 is 10.6 Å². The molecule has 1 aromatic carbocycles. The Morgan fingerprint density at radius 2 is 1.88 bits per heavy atom. The average Bonchev–Trinajstić information content (AvgIpc) is 2.54. The molecule has 1 saturated heterocycles. The highest BCUT2D eigenvalue weighted by Gasteiger charge is 2.38. The van der Waals surface area contributed by atoms with Crippen molar-refractivity contribution in [1.82, 2.24) is 9.62 Å². The molecule has 6 nitrogen and oxygen atoms in total. The SMILES string of the molecule is CNC1CCCN(S(=O)(=O)c2ccc(NC(=O)C(F)(F)F)cc2)C1. The molecule has 0 spiro atoms. The van der Waals surface area contributed by atoms with Gasteiger partial charge in [-0.15, -0.1) is 0 Å². The van der Waals surface area contributed by atoms with Crippen LogP contribution in [0.3, 0.4) is 0 Å². The van der Waals surface area contributed by atoms with Crippen LogP contribution >= 0.6 is 0 Å². The number of benzene rings is 1. The summed E-state index contributed by atoms with van der Waals surface area (Å²) < 4.78 is 63.1. The van der Waals surface area contributed by atoms with Gasteiger partial charge in [0.15, 0.2) is 0 Å². The molecule has 0 bridgehead atoms. The van der Waals surface area contributed by atoms with E-state index in [1.807, 2.05) is 0 Å². The number of piperidine rings is 1. The van der Waals surface area contributed by atoms with Crippen molar-refractivity contribution in [1.29, 1.82) is 0 Å². The second-order valence-corrected chi connectivity index (χ2v) is 7.41. The van der Waals surface area contributed by atoms with Crippen molar-refractivity contribution >= 4 is 21.6 Å². The van der Waals surface area contributed by atoms with E-state index in [1.165, 1.54) is 16.4 Å². The molecule has 1 aromatic rings. The number of carbonyl (C=O) groups excluding carboxylic acids is 1. The van der Waals surface area contributed by atoms with Gasteiger partial charge in [0.25, 0.3) is 0 Å². The van der Waals surface area contributed by atoms with Crippen LogP contribution in [-0.2, 0) is 14.8 Å². The van der Waals surface area contributed by atoms with Gasteiger partial charge in [0.1, 0.15) is 0 Å². The van der Waals surface area contributed by atoms with Gasteiger partial charge in [-0.25, -0.2) is 8.42 Å². The van der Waals surface area contributed by atoms with Gasteiger partial charge in [0.2, 0.25) is 10.0 Å². The number of rotatable bonds is 4. The summed E-state index contributed by atoms with van der Waals surface area (Å²) in [6, 6.07) is 4.71. The summed E-state index contributed by atoms with van der Waals surface area (Å²) in [5, 5.41) is 4.72. The van der Waals surface area contributed by atoms with E-state index < -0.39 is 22.1 Å². The quantitative estimate of drug-likeness (QED) is 0.849. The van der Waals surface area contributed by atoms with E-state index in [0.717, 1.165) is 25.0 Å². The number of carbonyl (C=O) groups is 1. The molecule has 1 atom stereocenters. The Hall–Kier alpha value is -1.65. The van der Waals surface area contributed by atoms with Crippen LogP contribution in [0, 0.1) is 0 Å². The summed E-state index contributed by atoms with van der Waals surface area (Å²) >= 11 is 0. The van der Waals surface area contributed by atoms with E-state index in [0.29, 0.717) is 13.1 Å². The molecule has 1 unspecified atom stereocenters. The summed E-state index contributed by atoms with van der Waals surface area (Å²) in [6.07, 6.45) is -3.39. The van der Waals surface area contributed by atoms with Crippen molar-refractivity contribution in [3.8, 4) is 0 Å². The average molecular weight is 365 g/mol. The molecular formula is C14H18F3N3O3S. The smallest absolute Gasteiger partial charge is 0.318 e. The number of sulfonamides is 1. The fourth-order valence-corrected chi connectivity index (χ4v) is 3.98. The monoisotopic (exact) mass is 365 g/mol. The third kappa shape index (κ3) is 4.25. The van der Waals surface area contributed by atoms with Crippen LogP contribution in [0.5, 0.6) is 0 Å². The van der Waals surface area contributed by atoms with Crippen molar-refractivity contribution in [2.75, 3.05) is 25.5 Å². The van der Waals surface area contributed by atoms with Gasteiger partial charge in [0.05, 0.1) is 4.90 Å². The first-order valence-corrected chi connectivity index (χ1v) is 8.74. The third-order valence-electron chi connectivity index (χ3n) is 3.80. The van der Waals surface area contributed by atoms with E-state index in [1.54, 1.807) is 12.4 Å². The number of hydrogen-bond donors (Lipinski definition) is 2. The fraction of sp³-hybridized carbons (Fsp3) is 0.500. The van der Waals surface area contributed by atoms with Crippen molar-refractivity contribution in [3.05, 3.63) is 24.3 Å². The number of nitrogens with zero attached hydrogens (tertiary/aromatic N) is 1. The number of amides is 1. The topological polar surface area (TPSA) is 78.5 Å². The number of anilines is 1. The predicted octanol–water partition coefficient (Wildman–Crippen LogP) is 1.56. The Morgan fingerprint density at radius 1 is 1.25 bits per heavy atom. The molecule has 1 fully saturated rings. The summed E-state index contributed by atoms with van der Waals surface area (Å²) in [5.74, 6) is -2.11. The van der Waals surface area contributed by atoms with Gasteiger partial charge in [0, 0.05) is 24.8 Å². The van der Waals surface area contributed by atoms with E-state index in [9.17, 15) is 26.4 Å². The maximum Gasteiger partial charge on any atom is 0.471 e. The van der Waals surface area contributed by atoms with Gasteiger partial charge in [-0.3, -0.25) is 4.79 Å². The first kappa shape index (κ1) is 18.7. The molecule has 24 heavy (non-hydrogen) atoms. The highest BCUT2D eigenvalue weighted by atomic mass is 32.2. The van der Waals surface area contributed by atoms with E-state index in [4.69, 9.17) is 0 Å². The van der Waals surface area contributed by atoms with Crippen molar-refractivity contribution in [2.24, 2.45) is 0 Å². The minimum Gasteiger partial charge on any atom is -0.318 e. The molecule has 0 radical (unpaired) electrons. The highest BCUT2D eigenvalue weighted by Crippen LogP contribution is 2.23. The number of alkyl halides is 3. The van der Waals surface area contributed by atoms with Crippen LogP contribution in [0.4, 0.5) is 18.9 Å². The molecule has 1 heterocycles. The van der Waals surface area contributed by atoms with Crippen molar-refractivity contribution in [2.45, 2.75) is 30.0 Å². The van der Waals surface area contributed by atoms with Gasteiger partial charge < -0.3 is 10.6 Å². The molecule has 2 rings (SSSR count). The molecule has 0 aromatic heterocycles. The first-order valence-electron chi connectivity index (χ1n) is 7.30. The molecule has 1 aliphatic rings. The molecule has 1 amide bonds. The van der Waals surface area contributed by atoms with E-state index in [2.05, 4.69) is 5.32 Å². The highest BCUT2D eigenvalue weighted by molar-refractivity contribution is 7.89. The summed E-state index contributed by atoms with van der Waals surface area (Å²) in [7, 11) is -1.96. The molecule has 0 aliphatic carbocycles. The fourth-order valence-electron chi connectivity index (χ4n) is 2.46. The lowest BCUT2D eigenvalue weighted by Gasteiger charge is -2.31. The van der Waals surface area contributed by atoms with Crippen molar-refractivity contribution in [3.63, 3.8) is 0 Å². The number of halogens is 3. The maximum atomic E-state index is 12.6. The lowest BCUT2D eigenvalue weighted by atomic mass is 10.1. The normalized spacial score (nSPS) is 19.9.